The van der Waals surface area contributed by atoms with Crippen molar-refractivity contribution in [1.82, 2.24) is 25.8 Å². The summed E-state index contributed by atoms with van der Waals surface area (Å²) in [6, 6.07) is 1.90. The molecule has 1 heterocycles. The molecule has 54 heavy (non-hydrogen) atoms. The van der Waals surface area contributed by atoms with Gasteiger partial charge in [0.15, 0.2) is 5.78 Å². The predicted molar refractivity (Wildman–Crippen MR) is 205 cm³/mol. The molecule has 0 aromatic heterocycles. The Balaban J connectivity index is 2.32. The molecule has 13 nitrogen and oxygen atoms in total. The Morgan fingerprint density at radius 1 is 0.889 bits per heavy atom. The van der Waals surface area contributed by atoms with Crippen molar-refractivity contribution in [2.45, 2.75) is 123 Å². The van der Waals surface area contributed by atoms with Gasteiger partial charge in [-0.15, -0.1) is 0 Å². The number of hydrogen-bond acceptors (Lipinski definition) is 9. The number of carbonyl (C=O) groups excluding carboxylic acids is 5. The number of benzene rings is 1. The first-order valence-corrected chi connectivity index (χ1v) is 19.1. The predicted octanol–water partition coefficient (Wildman–Crippen LogP) is 3.44. The number of nitrogens with zero attached hydrogens (tertiary/aromatic N) is 2. The minimum Gasteiger partial charge on any atom is -0.380 e. The van der Waals surface area contributed by atoms with E-state index in [1.54, 1.807) is 44.9 Å². The maximum absolute atomic E-state index is 14.3. The molecular weight excluding hydrogens is 697 g/mol. The van der Waals surface area contributed by atoms with Gasteiger partial charge in [0.2, 0.25) is 23.6 Å². The van der Waals surface area contributed by atoms with Crippen LogP contribution < -0.4 is 16.0 Å². The number of rotatable bonds is 21. The zero-order chi connectivity index (χ0) is 41.0. The van der Waals surface area contributed by atoms with Gasteiger partial charge in [-0.25, -0.2) is 4.39 Å². The molecule has 0 saturated carbocycles. The standard InChI is InChI=1S/C40H66FN5O8/c1-14-24(6)35(45(10)40(51)34(23(4)5)44-39(50)33(42-9)22(2)3)31(53-12)20-32(47)46-21-29(52-11)19-30(46)37(54-13)25(7)38(49)43-26(8)36(48)27-15-17-28(41)18-16-27/h15-18,22-26,29-31,33-35,37,42H,14,19-21H2,1-13H3,(H,43,49)(H,44,50)/t24-,25+,26+,29+,30?,31+,33-,34-,35-,37+/m0/s1. The summed E-state index contributed by atoms with van der Waals surface area (Å²) in [5, 5.41) is 8.76. The van der Waals surface area contributed by atoms with Gasteiger partial charge in [-0.2, -0.15) is 0 Å². The second-order valence-corrected chi connectivity index (χ2v) is 15.3. The Kier molecular flexibility index (Phi) is 18.7. The summed E-state index contributed by atoms with van der Waals surface area (Å²) < 4.78 is 31.0. The van der Waals surface area contributed by atoms with Crippen molar-refractivity contribution in [2.75, 3.05) is 42.0 Å². The SMILES string of the molecule is CC[C@H](C)[C@@H]([C@@H](CC(=O)N1C[C@H](OC)CC1[C@H](OC)[C@@H](C)C(=O)N[C@H](C)C(=O)c1ccc(F)cc1)OC)N(C)C(=O)[C@@H](NC(=O)[C@@H](NC)C(C)C)C(C)C. The number of methoxy groups -OCH3 is 3. The van der Waals surface area contributed by atoms with Crippen molar-refractivity contribution < 1.29 is 42.6 Å². The van der Waals surface area contributed by atoms with Crippen molar-refractivity contribution in [3.05, 3.63) is 35.6 Å². The van der Waals surface area contributed by atoms with Gasteiger partial charge in [0.25, 0.3) is 0 Å². The second-order valence-electron chi connectivity index (χ2n) is 15.3. The fraction of sp³-hybridized carbons (Fsp3) is 0.725. The van der Waals surface area contributed by atoms with Crippen LogP contribution in [0.15, 0.2) is 24.3 Å². The highest BCUT2D eigenvalue weighted by Gasteiger charge is 2.46. The number of hydrogen-bond donors (Lipinski definition) is 3. The number of carbonyl (C=O) groups is 5. The maximum Gasteiger partial charge on any atom is 0.245 e. The van der Waals surface area contributed by atoms with Gasteiger partial charge < -0.3 is 40.0 Å². The Morgan fingerprint density at radius 3 is 1.96 bits per heavy atom. The summed E-state index contributed by atoms with van der Waals surface area (Å²) in [5.41, 5.74) is 0.268. The minimum absolute atomic E-state index is 0.00941. The number of likely N-dealkylation sites (N-methyl/N-ethyl adjacent to an activating group) is 2. The van der Waals surface area contributed by atoms with Crippen LogP contribution in [0.2, 0.25) is 0 Å². The number of Topliss-reactive ketones (excluding diaryl/α,β-unsaturated/α-hetero) is 1. The average molecular weight is 764 g/mol. The third kappa shape index (κ3) is 11.8. The Bertz CT molecular complexity index is 1390. The van der Waals surface area contributed by atoms with Gasteiger partial charge in [-0.05, 0) is 62.4 Å². The van der Waals surface area contributed by atoms with E-state index in [2.05, 4.69) is 16.0 Å². The van der Waals surface area contributed by atoms with Crippen LogP contribution in [0.3, 0.4) is 0 Å². The topological polar surface area (TPSA) is 156 Å². The summed E-state index contributed by atoms with van der Waals surface area (Å²) in [6.07, 6.45) is -0.725. The maximum atomic E-state index is 14.3. The van der Waals surface area contributed by atoms with Crippen molar-refractivity contribution in [1.29, 1.82) is 0 Å². The van der Waals surface area contributed by atoms with Gasteiger partial charge in [-0.3, -0.25) is 24.0 Å². The van der Waals surface area contributed by atoms with E-state index in [0.29, 0.717) is 12.8 Å². The molecule has 1 aliphatic heterocycles. The number of ether oxygens (including phenoxy) is 3. The molecule has 306 valence electrons. The molecule has 1 unspecified atom stereocenters. The van der Waals surface area contributed by atoms with E-state index in [1.807, 2.05) is 41.5 Å². The average Bonchev–Trinajstić information content (AvgIpc) is 3.57. The molecule has 0 radical (unpaired) electrons. The zero-order valence-corrected chi connectivity index (χ0v) is 34.6. The van der Waals surface area contributed by atoms with Gasteiger partial charge in [0.1, 0.15) is 11.9 Å². The molecule has 1 fully saturated rings. The van der Waals surface area contributed by atoms with Crippen LogP contribution in [0.25, 0.3) is 0 Å². The van der Waals surface area contributed by atoms with Crippen molar-refractivity contribution in [3.63, 3.8) is 0 Å². The van der Waals surface area contributed by atoms with E-state index in [1.165, 1.54) is 38.5 Å². The summed E-state index contributed by atoms with van der Waals surface area (Å²) >= 11 is 0. The monoisotopic (exact) mass is 763 g/mol. The van der Waals surface area contributed by atoms with Crippen LogP contribution in [0.5, 0.6) is 0 Å². The van der Waals surface area contributed by atoms with Crippen molar-refractivity contribution >= 4 is 29.4 Å². The molecule has 10 atom stereocenters. The fourth-order valence-electron chi connectivity index (χ4n) is 7.48. The first-order valence-electron chi connectivity index (χ1n) is 19.1. The molecule has 1 saturated heterocycles. The number of halogens is 1. The van der Waals surface area contributed by atoms with Crippen LogP contribution in [-0.2, 0) is 33.4 Å². The molecule has 14 heteroatoms. The first kappa shape index (κ1) is 46.7. The van der Waals surface area contributed by atoms with E-state index in [-0.39, 0.29) is 65.9 Å². The minimum atomic E-state index is -0.890. The third-order valence-electron chi connectivity index (χ3n) is 11.0. The van der Waals surface area contributed by atoms with E-state index >= 15 is 0 Å². The van der Waals surface area contributed by atoms with Crippen molar-refractivity contribution in [3.8, 4) is 0 Å². The quantitative estimate of drug-likeness (QED) is 0.160. The largest absolute Gasteiger partial charge is 0.380 e. The third-order valence-corrected chi connectivity index (χ3v) is 11.0. The highest BCUT2D eigenvalue weighted by Crippen LogP contribution is 2.31. The molecular formula is C40H66FN5O8. The highest BCUT2D eigenvalue weighted by atomic mass is 19.1. The summed E-state index contributed by atoms with van der Waals surface area (Å²) in [5.74, 6) is -3.11. The lowest BCUT2D eigenvalue weighted by atomic mass is 9.89. The van der Waals surface area contributed by atoms with Crippen LogP contribution in [0.1, 0.15) is 85.0 Å². The van der Waals surface area contributed by atoms with Gasteiger partial charge in [0.05, 0.1) is 54.8 Å². The van der Waals surface area contributed by atoms with Crippen LogP contribution in [-0.4, -0.2) is 130 Å². The normalized spacial score (nSPS) is 20.4. The first-order chi connectivity index (χ1) is 25.4. The number of likely N-dealkylation sites (tertiary alicyclic amines) is 1. The smallest absolute Gasteiger partial charge is 0.245 e. The molecule has 2 rings (SSSR count). The molecule has 1 aromatic rings. The lowest BCUT2D eigenvalue weighted by Gasteiger charge is -2.41. The summed E-state index contributed by atoms with van der Waals surface area (Å²) in [6.45, 7) is 15.2. The number of nitrogens with one attached hydrogen (secondary N) is 3. The number of amides is 4. The van der Waals surface area contributed by atoms with E-state index in [4.69, 9.17) is 14.2 Å². The molecule has 4 amide bonds. The van der Waals surface area contributed by atoms with E-state index < -0.39 is 60.1 Å². The Morgan fingerprint density at radius 2 is 1.48 bits per heavy atom. The molecule has 1 aliphatic rings. The van der Waals surface area contributed by atoms with Crippen molar-refractivity contribution in [2.24, 2.45) is 23.7 Å². The molecule has 0 spiro atoms. The van der Waals surface area contributed by atoms with Crippen LogP contribution in [0.4, 0.5) is 4.39 Å². The van der Waals surface area contributed by atoms with E-state index in [0.717, 1.165) is 0 Å². The molecule has 3 N–H and O–H groups in total. The van der Waals surface area contributed by atoms with E-state index in [9.17, 15) is 28.4 Å². The van der Waals surface area contributed by atoms with Gasteiger partial charge in [0, 0.05) is 40.5 Å². The lowest BCUT2D eigenvalue weighted by molar-refractivity contribution is -0.148. The zero-order valence-electron chi connectivity index (χ0n) is 34.6. The second kappa shape index (κ2) is 21.6. The summed E-state index contributed by atoms with van der Waals surface area (Å²) in [4.78, 5) is 71.5. The molecule has 0 aliphatic carbocycles. The Labute approximate surface area is 321 Å². The Hall–Kier alpha value is -3.46. The lowest BCUT2D eigenvalue weighted by Crippen LogP contribution is -2.59. The number of ketones is 1. The van der Waals surface area contributed by atoms with Crippen LogP contribution in [0, 0.1) is 29.5 Å². The molecule has 1 aromatic carbocycles. The summed E-state index contributed by atoms with van der Waals surface area (Å²) in [7, 11) is 7.97. The fourth-order valence-corrected chi connectivity index (χ4v) is 7.48. The highest BCUT2D eigenvalue weighted by molar-refractivity contribution is 6.01. The van der Waals surface area contributed by atoms with Gasteiger partial charge in [-0.1, -0.05) is 54.9 Å². The van der Waals surface area contributed by atoms with Crippen LogP contribution >= 0.6 is 0 Å². The van der Waals surface area contributed by atoms with Gasteiger partial charge >= 0.3 is 0 Å². The molecule has 0 bridgehead atoms.